The number of nitrogens with one attached hydrogen (secondary N) is 2. The van der Waals surface area contributed by atoms with E-state index >= 15 is 0 Å². The molecule has 3 aromatic carbocycles. The summed E-state index contributed by atoms with van der Waals surface area (Å²) in [6, 6.07) is 20.7. The number of para-hydroxylation sites is 1. The van der Waals surface area contributed by atoms with E-state index in [1.54, 1.807) is 34.9 Å². The molecular formula is C26H22F3N5O2S. The molecular weight excluding hydrogens is 503 g/mol. The standard InChI is InChI=1S/C26H22F3N5O2S/c1-17(35)18-10-12-20(13-11-18)31-24(36)16-37-25-33-32-23(34(25)22-8-3-2-4-9-22)15-30-21-7-5-6-19(14-21)26(27,28)29/h2-14,30H,15-16H2,1H3,(H,31,36). The molecule has 0 unspecified atom stereocenters. The van der Waals surface area contributed by atoms with Gasteiger partial charge >= 0.3 is 6.18 Å². The van der Waals surface area contributed by atoms with Crippen LogP contribution in [-0.4, -0.2) is 32.2 Å². The van der Waals surface area contributed by atoms with Gasteiger partial charge in [-0.15, -0.1) is 10.2 Å². The minimum Gasteiger partial charge on any atom is -0.378 e. The number of alkyl halides is 3. The molecule has 0 saturated carbocycles. The molecule has 0 atom stereocenters. The number of ketones is 1. The Hall–Kier alpha value is -4.12. The van der Waals surface area contributed by atoms with Crippen molar-refractivity contribution in [2.75, 3.05) is 16.4 Å². The predicted octanol–water partition coefficient (Wildman–Crippen LogP) is 5.83. The number of aromatic nitrogens is 3. The molecule has 0 aliphatic rings. The van der Waals surface area contributed by atoms with E-state index in [-0.39, 0.29) is 24.0 Å². The normalized spacial score (nSPS) is 11.2. The van der Waals surface area contributed by atoms with Crippen LogP contribution in [0.3, 0.4) is 0 Å². The first-order valence-corrected chi connectivity index (χ1v) is 12.1. The molecule has 0 spiro atoms. The highest BCUT2D eigenvalue weighted by Gasteiger charge is 2.30. The molecule has 1 aromatic heterocycles. The molecule has 0 saturated heterocycles. The van der Waals surface area contributed by atoms with Crippen LogP contribution in [0.4, 0.5) is 24.5 Å². The number of thioether (sulfide) groups is 1. The van der Waals surface area contributed by atoms with Crippen molar-refractivity contribution in [3.05, 3.63) is 95.8 Å². The molecule has 2 N–H and O–H groups in total. The van der Waals surface area contributed by atoms with E-state index < -0.39 is 11.7 Å². The van der Waals surface area contributed by atoms with Crippen LogP contribution in [0.1, 0.15) is 28.7 Å². The van der Waals surface area contributed by atoms with Crippen molar-refractivity contribution in [2.24, 2.45) is 0 Å². The molecule has 0 fully saturated rings. The van der Waals surface area contributed by atoms with E-state index in [1.165, 1.54) is 24.8 Å². The fourth-order valence-electron chi connectivity index (χ4n) is 3.45. The quantitative estimate of drug-likeness (QED) is 0.211. The second kappa shape index (κ2) is 11.3. The van der Waals surface area contributed by atoms with Gasteiger partial charge in [-0.25, -0.2) is 0 Å². The molecule has 4 rings (SSSR count). The SMILES string of the molecule is CC(=O)c1ccc(NC(=O)CSc2nnc(CNc3cccc(C(F)(F)F)c3)n2-c2ccccc2)cc1. The molecule has 7 nitrogen and oxygen atoms in total. The number of halogens is 3. The Bertz CT molecular complexity index is 1390. The number of hydrogen-bond donors (Lipinski definition) is 2. The van der Waals surface area contributed by atoms with Crippen molar-refractivity contribution in [3.8, 4) is 5.69 Å². The summed E-state index contributed by atoms with van der Waals surface area (Å²) in [5.74, 6) is 0.172. The topological polar surface area (TPSA) is 88.9 Å². The first-order chi connectivity index (χ1) is 17.7. The maximum atomic E-state index is 13.1. The van der Waals surface area contributed by atoms with Crippen molar-refractivity contribution in [1.82, 2.24) is 14.8 Å². The van der Waals surface area contributed by atoms with E-state index in [4.69, 9.17) is 0 Å². The fraction of sp³-hybridized carbons (Fsp3) is 0.154. The highest BCUT2D eigenvalue weighted by atomic mass is 32.2. The van der Waals surface area contributed by atoms with Crippen molar-refractivity contribution < 1.29 is 22.8 Å². The average Bonchev–Trinajstić information content (AvgIpc) is 3.29. The van der Waals surface area contributed by atoms with E-state index in [1.807, 2.05) is 30.3 Å². The minimum atomic E-state index is -4.44. The summed E-state index contributed by atoms with van der Waals surface area (Å²) in [5.41, 5.74) is 1.40. The average molecular weight is 526 g/mol. The molecule has 0 aliphatic heterocycles. The Kier molecular flexibility index (Phi) is 7.92. The molecule has 0 bridgehead atoms. The van der Waals surface area contributed by atoms with Crippen LogP contribution in [0.5, 0.6) is 0 Å². The van der Waals surface area contributed by atoms with E-state index in [2.05, 4.69) is 20.8 Å². The summed E-state index contributed by atoms with van der Waals surface area (Å²) in [4.78, 5) is 23.9. The number of benzene rings is 3. The Morgan fingerprint density at radius 3 is 2.32 bits per heavy atom. The zero-order valence-corrected chi connectivity index (χ0v) is 20.4. The number of anilines is 2. The van der Waals surface area contributed by atoms with Gasteiger partial charge in [-0.1, -0.05) is 36.0 Å². The highest BCUT2D eigenvalue weighted by Crippen LogP contribution is 2.31. The molecule has 0 aliphatic carbocycles. The summed E-state index contributed by atoms with van der Waals surface area (Å²) >= 11 is 1.17. The van der Waals surface area contributed by atoms with Crippen molar-refractivity contribution in [2.45, 2.75) is 24.8 Å². The number of Topliss-reactive ketones (excluding diaryl/α,β-unsaturated/α-hetero) is 1. The van der Waals surface area contributed by atoms with Gasteiger partial charge in [0.1, 0.15) is 0 Å². The molecule has 1 amide bonds. The van der Waals surface area contributed by atoms with Crippen LogP contribution < -0.4 is 10.6 Å². The third-order valence-electron chi connectivity index (χ3n) is 5.26. The lowest BCUT2D eigenvalue weighted by Gasteiger charge is -2.13. The third kappa shape index (κ3) is 6.76. The smallest absolute Gasteiger partial charge is 0.378 e. The van der Waals surface area contributed by atoms with Crippen LogP contribution in [0.2, 0.25) is 0 Å². The summed E-state index contributed by atoms with van der Waals surface area (Å²) in [6.07, 6.45) is -4.44. The third-order valence-corrected chi connectivity index (χ3v) is 6.19. The summed E-state index contributed by atoms with van der Waals surface area (Å²) < 4.78 is 40.9. The Labute approximate surface area is 215 Å². The molecule has 0 radical (unpaired) electrons. The predicted molar refractivity (Wildman–Crippen MR) is 136 cm³/mol. The maximum Gasteiger partial charge on any atom is 0.416 e. The number of carbonyl (C=O) groups is 2. The summed E-state index contributed by atoms with van der Waals surface area (Å²) in [7, 11) is 0. The summed E-state index contributed by atoms with van der Waals surface area (Å²) in [5, 5.41) is 14.6. The Morgan fingerprint density at radius 2 is 1.65 bits per heavy atom. The minimum absolute atomic E-state index is 0.0421. The van der Waals surface area contributed by atoms with Crippen LogP contribution in [0, 0.1) is 0 Å². The molecule has 1 heterocycles. The van der Waals surface area contributed by atoms with Crippen molar-refractivity contribution in [3.63, 3.8) is 0 Å². The van der Waals surface area contributed by atoms with E-state index in [0.717, 1.165) is 17.8 Å². The van der Waals surface area contributed by atoms with Gasteiger partial charge in [0.15, 0.2) is 16.8 Å². The van der Waals surface area contributed by atoms with Gasteiger partial charge in [0.2, 0.25) is 5.91 Å². The lowest BCUT2D eigenvalue weighted by atomic mass is 10.1. The van der Waals surface area contributed by atoms with Gasteiger partial charge in [0.05, 0.1) is 17.9 Å². The van der Waals surface area contributed by atoms with Crippen molar-refractivity contribution >= 4 is 34.8 Å². The van der Waals surface area contributed by atoms with Crippen LogP contribution in [-0.2, 0) is 17.5 Å². The van der Waals surface area contributed by atoms with Gasteiger partial charge in [-0.05, 0) is 61.5 Å². The van der Waals surface area contributed by atoms with Crippen molar-refractivity contribution in [1.29, 1.82) is 0 Å². The Morgan fingerprint density at radius 1 is 0.919 bits per heavy atom. The van der Waals surface area contributed by atoms with E-state index in [9.17, 15) is 22.8 Å². The fourth-order valence-corrected chi connectivity index (χ4v) is 4.22. The number of nitrogens with zero attached hydrogens (tertiary/aromatic N) is 3. The Balaban J connectivity index is 1.47. The number of amides is 1. The number of hydrogen-bond acceptors (Lipinski definition) is 6. The van der Waals surface area contributed by atoms with E-state index in [0.29, 0.717) is 27.9 Å². The largest absolute Gasteiger partial charge is 0.416 e. The summed E-state index contributed by atoms with van der Waals surface area (Å²) in [6.45, 7) is 1.58. The first kappa shape index (κ1) is 26.0. The second-order valence-corrected chi connectivity index (χ2v) is 8.91. The lowest BCUT2D eigenvalue weighted by Crippen LogP contribution is -2.15. The number of carbonyl (C=O) groups excluding carboxylic acids is 2. The first-order valence-electron chi connectivity index (χ1n) is 11.2. The molecule has 11 heteroatoms. The van der Waals surface area contributed by atoms with Crippen LogP contribution >= 0.6 is 11.8 Å². The number of rotatable bonds is 9. The highest BCUT2D eigenvalue weighted by molar-refractivity contribution is 7.99. The molecule has 4 aromatic rings. The molecule has 37 heavy (non-hydrogen) atoms. The lowest BCUT2D eigenvalue weighted by molar-refractivity contribution is -0.137. The second-order valence-electron chi connectivity index (χ2n) is 7.97. The van der Waals surface area contributed by atoms with Gasteiger partial charge in [-0.3, -0.25) is 14.2 Å². The van der Waals surface area contributed by atoms with Gasteiger partial charge < -0.3 is 10.6 Å². The zero-order valence-electron chi connectivity index (χ0n) is 19.6. The zero-order chi connectivity index (χ0) is 26.4. The van der Waals surface area contributed by atoms with Crippen LogP contribution in [0.25, 0.3) is 5.69 Å². The van der Waals surface area contributed by atoms with Crippen LogP contribution in [0.15, 0.2) is 84.0 Å². The maximum absolute atomic E-state index is 13.1. The van der Waals surface area contributed by atoms with Gasteiger partial charge in [0.25, 0.3) is 0 Å². The molecule has 190 valence electrons. The van der Waals surface area contributed by atoms with Gasteiger partial charge in [0, 0.05) is 22.6 Å². The monoisotopic (exact) mass is 525 g/mol. The van der Waals surface area contributed by atoms with Gasteiger partial charge in [-0.2, -0.15) is 13.2 Å².